The predicted molar refractivity (Wildman–Crippen MR) is 66.5 cm³/mol. The van der Waals surface area contributed by atoms with Crippen LogP contribution in [0.4, 0.5) is 10.1 Å². The quantitative estimate of drug-likeness (QED) is 0.907. The van der Waals surface area contributed by atoms with Gasteiger partial charge in [0, 0.05) is 23.7 Å². The summed E-state index contributed by atoms with van der Waals surface area (Å²) in [4.78, 5) is 6.06. The van der Waals surface area contributed by atoms with E-state index in [0.29, 0.717) is 17.8 Å². The van der Waals surface area contributed by atoms with E-state index in [0.717, 1.165) is 5.69 Å². The molecular weight excluding hydrogens is 239 g/mol. The lowest BCUT2D eigenvalue weighted by molar-refractivity contribution is 0.276. The summed E-state index contributed by atoms with van der Waals surface area (Å²) in [5.41, 5.74) is 3.72. The van der Waals surface area contributed by atoms with E-state index in [1.807, 2.05) is 17.3 Å². The smallest absolute Gasteiger partial charge is 0.130 e. The van der Waals surface area contributed by atoms with Gasteiger partial charge >= 0.3 is 0 Å². The van der Waals surface area contributed by atoms with Crippen LogP contribution >= 0.6 is 11.3 Å². The third-order valence-electron chi connectivity index (χ3n) is 2.55. The molecular formula is C12H13FN2OS. The first-order chi connectivity index (χ1) is 8.22. The molecule has 0 aliphatic rings. The minimum absolute atomic E-state index is 0.302. The Balaban J connectivity index is 2.24. The van der Waals surface area contributed by atoms with Crippen molar-refractivity contribution < 1.29 is 9.50 Å². The second-order valence-corrected chi connectivity index (χ2v) is 4.45. The van der Waals surface area contributed by atoms with E-state index < -0.39 is 0 Å². The number of aromatic nitrogens is 1. The van der Waals surface area contributed by atoms with E-state index in [4.69, 9.17) is 0 Å². The monoisotopic (exact) mass is 252 g/mol. The maximum Gasteiger partial charge on any atom is 0.130 e. The summed E-state index contributed by atoms with van der Waals surface area (Å²) in [6.45, 7) is 0.295. The molecule has 0 saturated heterocycles. The van der Waals surface area contributed by atoms with Gasteiger partial charge in [0.05, 0.1) is 24.4 Å². The molecule has 0 unspecified atom stereocenters. The van der Waals surface area contributed by atoms with Gasteiger partial charge in [0.15, 0.2) is 0 Å². The van der Waals surface area contributed by atoms with Crippen molar-refractivity contribution in [2.24, 2.45) is 0 Å². The highest BCUT2D eigenvalue weighted by Gasteiger charge is 2.11. The van der Waals surface area contributed by atoms with Crippen molar-refractivity contribution in [3.05, 3.63) is 46.2 Å². The number of hydrogen-bond donors (Lipinski definition) is 1. The molecule has 0 aliphatic heterocycles. The second-order valence-electron chi connectivity index (χ2n) is 3.73. The van der Waals surface area contributed by atoms with Gasteiger partial charge in [-0.2, -0.15) is 0 Å². The molecule has 1 heterocycles. The molecule has 1 aromatic carbocycles. The molecule has 1 aromatic heterocycles. The Morgan fingerprint density at radius 2 is 2.29 bits per heavy atom. The van der Waals surface area contributed by atoms with Crippen LogP contribution in [0.3, 0.4) is 0 Å². The fourth-order valence-corrected chi connectivity index (χ4v) is 2.25. The molecule has 5 heteroatoms. The van der Waals surface area contributed by atoms with Gasteiger partial charge in [-0.05, 0) is 12.1 Å². The normalized spacial score (nSPS) is 10.5. The first kappa shape index (κ1) is 12.0. The maximum absolute atomic E-state index is 13.5. The lowest BCUT2D eigenvalue weighted by atomic mass is 10.1. The SMILES string of the molecule is CN(Cc1cscn1)c1cccc(F)c1CO. The molecule has 2 rings (SSSR count). The average molecular weight is 252 g/mol. The molecule has 2 aromatic rings. The van der Waals surface area contributed by atoms with E-state index in [9.17, 15) is 9.50 Å². The van der Waals surface area contributed by atoms with Gasteiger partial charge in [0.1, 0.15) is 5.82 Å². The zero-order valence-electron chi connectivity index (χ0n) is 9.43. The van der Waals surface area contributed by atoms with Crippen LogP contribution < -0.4 is 4.90 Å². The summed E-state index contributed by atoms with van der Waals surface area (Å²) in [5, 5.41) is 11.1. The van der Waals surface area contributed by atoms with Crippen molar-refractivity contribution in [1.82, 2.24) is 4.98 Å². The second kappa shape index (κ2) is 5.25. The summed E-state index contributed by atoms with van der Waals surface area (Å²) in [6, 6.07) is 4.79. The van der Waals surface area contributed by atoms with Crippen LogP contribution in [0.5, 0.6) is 0 Å². The Bertz CT molecular complexity index is 487. The average Bonchev–Trinajstić information content (AvgIpc) is 2.81. The van der Waals surface area contributed by atoms with Crippen LogP contribution in [0, 0.1) is 5.82 Å². The number of benzene rings is 1. The summed E-state index contributed by atoms with van der Waals surface area (Å²) in [6.07, 6.45) is 0. The molecule has 0 spiro atoms. The van der Waals surface area contributed by atoms with Gasteiger partial charge in [-0.25, -0.2) is 9.37 Å². The summed E-state index contributed by atoms with van der Waals surface area (Å²) in [7, 11) is 1.85. The van der Waals surface area contributed by atoms with E-state index in [1.165, 1.54) is 17.4 Å². The number of nitrogens with zero attached hydrogens (tertiary/aromatic N) is 2. The van der Waals surface area contributed by atoms with Gasteiger partial charge in [-0.1, -0.05) is 6.07 Å². The predicted octanol–water partition coefficient (Wildman–Crippen LogP) is 2.41. The van der Waals surface area contributed by atoms with Gasteiger partial charge < -0.3 is 10.0 Å². The van der Waals surface area contributed by atoms with Crippen molar-refractivity contribution in [3.8, 4) is 0 Å². The number of rotatable bonds is 4. The molecule has 3 nitrogen and oxygen atoms in total. The summed E-state index contributed by atoms with van der Waals surface area (Å²) >= 11 is 1.53. The minimum atomic E-state index is -0.380. The number of aliphatic hydroxyl groups is 1. The molecule has 0 saturated carbocycles. The van der Waals surface area contributed by atoms with Crippen molar-refractivity contribution in [2.45, 2.75) is 13.2 Å². The highest BCUT2D eigenvalue weighted by Crippen LogP contribution is 2.23. The van der Waals surface area contributed by atoms with Gasteiger partial charge in [-0.3, -0.25) is 0 Å². The Hall–Kier alpha value is -1.46. The molecule has 0 radical (unpaired) electrons. The maximum atomic E-state index is 13.5. The Labute approximate surface area is 103 Å². The molecule has 0 atom stereocenters. The summed E-state index contributed by atoms with van der Waals surface area (Å²) in [5.74, 6) is -0.380. The molecule has 1 N–H and O–H groups in total. The molecule has 0 bridgehead atoms. The Morgan fingerprint density at radius 3 is 2.94 bits per heavy atom. The number of aliphatic hydroxyl groups excluding tert-OH is 1. The zero-order chi connectivity index (χ0) is 12.3. The third kappa shape index (κ3) is 2.62. The zero-order valence-corrected chi connectivity index (χ0v) is 10.2. The highest BCUT2D eigenvalue weighted by atomic mass is 32.1. The van der Waals surface area contributed by atoms with Crippen molar-refractivity contribution in [2.75, 3.05) is 11.9 Å². The highest BCUT2D eigenvalue weighted by molar-refractivity contribution is 7.07. The van der Waals surface area contributed by atoms with Crippen LogP contribution in [-0.2, 0) is 13.2 Å². The molecule has 90 valence electrons. The minimum Gasteiger partial charge on any atom is -0.391 e. The molecule has 0 aliphatic carbocycles. The van der Waals surface area contributed by atoms with Crippen LogP contribution in [0.2, 0.25) is 0 Å². The fraction of sp³-hybridized carbons (Fsp3) is 0.250. The fourth-order valence-electron chi connectivity index (χ4n) is 1.71. The standard InChI is InChI=1S/C12H13FN2OS/c1-15(5-9-7-17-8-14-9)12-4-2-3-11(13)10(12)6-16/h2-4,7-8,16H,5-6H2,1H3. The lowest BCUT2D eigenvalue weighted by Gasteiger charge is -2.21. The first-order valence-electron chi connectivity index (χ1n) is 5.19. The van der Waals surface area contributed by atoms with Crippen LogP contribution in [0.25, 0.3) is 0 Å². The molecule has 0 fully saturated rings. The molecule has 0 amide bonds. The van der Waals surface area contributed by atoms with Crippen LogP contribution in [0.1, 0.15) is 11.3 Å². The summed E-state index contributed by atoms with van der Waals surface area (Å²) < 4.78 is 13.5. The number of anilines is 1. The van der Waals surface area contributed by atoms with E-state index in [2.05, 4.69) is 4.98 Å². The van der Waals surface area contributed by atoms with Crippen LogP contribution in [-0.4, -0.2) is 17.1 Å². The Morgan fingerprint density at radius 1 is 1.47 bits per heavy atom. The van der Waals surface area contributed by atoms with Crippen molar-refractivity contribution in [1.29, 1.82) is 0 Å². The van der Waals surface area contributed by atoms with Gasteiger partial charge in [0.25, 0.3) is 0 Å². The lowest BCUT2D eigenvalue weighted by Crippen LogP contribution is -2.18. The largest absolute Gasteiger partial charge is 0.391 e. The van der Waals surface area contributed by atoms with E-state index in [-0.39, 0.29) is 12.4 Å². The third-order valence-corrected chi connectivity index (χ3v) is 3.18. The first-order valence-corrected chi connectivity index (χ1v) is 6.13. The number of hydrogen-bond acceptors (Lipinski definition) is 4. The van der Waals surface area contributed by atoms with Crippen molar-refractivity contribution in [3.63, 3.8) is 0 Å². The number of thiazole rings is 1. The van der Waals surface area contributed by atoms with Gasteiger partial charge in [0.2, 0.25) is 0 Å². The van der Waals surface area contributed by atoms with Gasteiger partial charge in [-0.15, -0.1) is 11.3 Å². The molecule has 17 heavy (non-hydrogen) atoms. The van der Waals surface area contributed by atoms with E-state index in [1.54, 1.807) is 17.6 Å². The Kier molecular flexibility index (Phi) is 3.71. The number of halogens is 1. The topological polar surface area (TPSA) is 36.4 Å². The van der Waals surface area contributed by atoms with Crippen LogP contribution in [0.15, 0.2) is 29.1 Å². The van der Waals surface area contributed by atoms with Crippen molar-refractivity contribution >= 4 is 17.0 Å². The van der Waals surface area contributed by atoms with E-state index >= 15 is 0 Å².